The highest BCUT2D eigenvalue weighted by molar-refractivity contribution is 6.03. The van der Waals surface area contributed by atoms with Gasteiger partial charge < -0.3 is 9.47 Å². The van der Waals surface area contributed by atoms with Gasteiger partial charge in [0.05, 0.1) is 17.7 Å². The van der Waals surface area contributed by atoms with Gasteiger partial charge in [0.2, 0.25) is 0 Å². The van der Waals surface area contributed by atoms with Gasteiger partial charge in [0, 0.05) is 0 Å². The second kappa shape index (κ2) is 12.0. The molecular formula is C23H30O4. The van der Waals surface area contributed by atoms with Crippen LogP contribution in [0.25, 0.3) is 0 Å². The minimum atomic E-state index is -0.572. The molecule has 1 unspecified atom stereocenters. The van der Waals surface area contributed by atoms with Crippen LogP contribution >= 0.6 is 0 Å². The summed E-state index contributed by atoms with van der Waals surface area (Å²) in [4.78, 5) is 25.0. The maximum absolute atomic E-state index is 12.7. The van der Waals surface area contributed by atoms with E-state index in [2.05, 4.69) is 25.3 Å². The minimum absolute atomic E-state index is 0.198. The van der Waals surface area contributed by atoms with Crippen molar-refractivity contribution in [1.82, 2.24) is 0 Å². The molecule has 1 atom stereocenters. The van der Waals surface area contributed by atoms with E-state index in [1.165, 1.54) is 0 Å². The van der Waals surface area contributed by atoms with Crippen LogP contribution in [0.15, 0.2) is 36.4 Å². The maximum atomic E-state index is 12.7. The second-order valence-corrected chi connectivity index (χ2v) is 6.96. The Morgan fingerprint density at radius 3 is 2.30 bits per heavy atom. The van der Waals surface area contributed by atoms with Gasteiger partial charge in [-0.1, -0.05) is 64.2 Å². The molecule has 0 aliphatic heterocycles. The summed E-state index contributed by atoms with van der Waals surface area (Å²) in [7, 11) is 0. The van der Waals surface area contributed by atoms with Crippen molar-refractivity contribution in [2.75, 3.05) is 6.61 Å². The normalized spacial score (nSPS) is 11.3. The Morgan fingerprint density at radius 2 is 1.74 bits per heavy atom. The molecule has 0 spiro atoms. The van der Waals surface area contributed by atoms with Crippen LogP contribution in [0.4, 0.5) is 0 Å². The average Bonchev–Trinajstić information content (AvgIpc) is 2.62. The molecule has 0 aromatic heterocycles. The van der Waals surface area contributed by atoms with E-state index in [1.807, 2.05) is 13.8 Å². The van der Waals surface area contributed by atoms with Crippen molar-refractivity contribution in [3.8, 4) is 11.8 Å². The molecule has 146 valence electrons. The molecule has 0 saturated heterocycles. The van der Waals surface area contributed by atoms with E-state index in [4.69, 9.17) is 9.47 Å². The number of allylic oxidation sites excluding steroid dienone is 1. The van der Waals surface area contributed by atoms with Gasteiger partial charge in [-0.15, -0.1) is 0 Å². The molecule has 1 rings (SSSR count). The van der Waals surface area contributed by atoms with Gasteiger partial charge in [-0.3, -0.25) is 0 Å². The number of rotatable bonds is 9. The van der Waals surface area contributed by atoms with Crippen LogP contribution in [0.1, 0.15) is 74.1 Å². The van der Waals surface area contributed by atoms with Gasteiger partial charge in [0.25, 0.3) is 0 Å². The highest BCUT2D eigenvalue weighted by Crippen LogP contribution is 2.16. The summed E-state index contributed by atoms with van der Waals surface area (Å²) >= 11 is 0. The predicted molar refractivity (Wildman–Crippen MR) is 107 cm³/mol. The number of unbranched alkanes of at least 4 members (excludes halogenated alkanes) is 2. The summed E-state index contributed by atoms with van der Waals surface area (Å²) in [5.41, 5.74) is 1.12. The Balaban J connectivity index is 2.91. The highest BCUT2D eigenvalue weighted by atomic mass is 16.5. The smallest absolute Gasteiger partial charge is 0.340 e. The standard InChI is InChI=1S/C23H30O4/c1-6-7-10-15-26-22(24)20-11-8-9-12-21(20)23(25)27-19(16-18(4)5)14-13-17(2)3/h8-9,11-12,18-19H,2,6-7,10,15-16H2,1,3-5H3. The number of hydrogen-bond acceptors (Lipinski definition) is 4. The van der Waals surface area contributed by atoms with E-state index >= 15 is 0 Å². The van der Waals surface area contributed by atoms with Crippen LogP contribution in [0.3, 0.4) is 0 Å². The van der Waals surface area contributed by atoms with E-state index < -0.39 is 18.0 Å². The van der Waals surface area contributed by atoms with Crippen LogP contribution in [0.5, 0.6) is 0 Å². The molecular weight excluding hydrogens is 340 g/mol. The first kappa shape index (κ1) is 22.5. The zero-order valence-electron chi connectivity index (χ0n) is 16.8. The van der Waals surface area contributed by atoms with Crippen LogP contribution in [-0.4, -0.2) is 24.6 Å². The summed E-state index contributed by atoms with van der Waals surface area (Å²) in [6, 6.07) is 6.55. The van der Waals surface area contributed by atoms with Gasteiger partial charge in [0.1, 0.15) is 0 Å². The molecule has 0 aliphatic rings. The van der Waals surface area contributed by atoms with Crippen molar-refractivity contribution in [1.29, 1.82) is 0 Å². The summed E-state index contributed by atoms with van der Waals surface area (Å²) in [5.74, 6) is 5.04. The molecule has 0 fully saturated rings. The fraction of sp³-hybridized carbons (Fsp3) is 0.478. The van der Waals surface area contributed by atoms with Crippen LogP contribution in [0, 0.1) is 17.8 Å². The Bertz CT molecular complexity index is 707. The van der Waals surface area contributed by atoms with Gasteiger partial charge in [0.15, 0.2) is 6.10 Å². The first-order chi connectivity index (χ1) is 12.8. The van der Waals surface area contributed by atoms with E-state index in [-0.39, 0.29) is 11.1 Å². The second-order valence-electron chi connectivity index (χ2n) is 6.96. The zero-order chi connectivity index (χ0) is 20.2. The third kappa shape index (κ3) is 8.59. The quantitative estimate of drug-likeness (QED) is 0.341. The van der Waals surface area contributed by atoms with Crippen molar-refractivity contribution in [3.63, 3.8) is 0 Å². The largest absolute Gasteiger partial charge is 0.462 e. The lowest BCUT2D eigenvalue weighted by atomic mass is 10.0. The Kier molecular flexibility index (Phi) is 9.96. The van der Waals surface area contributed by atoms with Gasteiger partial charge >= 0.3 is 11.9 Å². The predicted octanol–water partition coefficient (Wildman–Crippen LogP) is 5.18. The highest BCUT2D eigenvalue weighted by Gasteiger charge is 2.22. The molecule has 0 amide bonds. The molecule has 0 saturated carbocycles. The fourth-order valence-electron chi connectivity index (χ4n) is 2.39. The van der Waals surface area contributed by atoms with Crippen molar-refractivity contribution >= 4 is 11.9 Å². The minimum Gasteiger partial charge on any atom is -0.462 e. The summed E-state index contributed by atoms with van der Waals surface area (Å²) in [6.07, 6.45) is 2.90. The van der Waals surface area contributed by atoms with E-state index in [0.717, 1.165) is 19.3 Å². The number of hydrogen-bond donors (Lipinski definition) is 0. The monoisotopic (exact) mass is 370 g/mol. The Morgan fingerprint density at radius 1 is 1.11 bits per heavy atom. The first-order valence-electron chi connectivity index (χ1n) is 9.49. The number of carbonyl (C=O) groups is 2. The first-order valence-corrected chi connectivity index (χ1v) is 9.49. The number of carbonyl (C=O) groups excluding carboxylic acids is 2. The molecule has 0 bridgehead atoms. The number of esters is 2. The SMILES string of the molecule is C=C(C)C#CC(CC(C)C)OC(=O)c1ccccc1C(=O)OCCCCC. The van der Waals surface area contributed by atoms with Crippen molar-refractivity contribution in [3.05, 3.63) is 47.5 Å². The third-order valence-corrected chi connectivity index (χ3v) is 3.73. The third-order valence-electron chi connectivity index (χ3n) is 3.73. The number of ether oxygens (including phenoxy) is 2. The Hall–Kier alpha value is -2.54. The average molecular weight is 370 g/mol. The Labute approximate surface area is 162 Å². The molecule has 0 radical (unpaired) electrons. The van der Waals surface area contributed by atoms with E-state index in [9.17, 15) is 9.59 Å². The van der Waals surface area contributed by atoms with E-state index in [0.29, 0.717) is 24.5 Å². The summed E-state index contributed by atoms with van der Waals surface area (Å²) in [5, 5.41) is 0. The van der Waals surface area contributed by atoms with Crippen molar-refractivity contribution in [2.45, 2.75) is 59.5 Å². The van der Waals surface area contributed by atoms with Crippen molar-refractivity contribution in [2.24, 2.45) is 5.92 Å². The lowest BCUT2D eigenvalue weighted by Crippen LogP contribution is -2.21. The lowest BCUT2D eigenvalue weighted by Gasteiger charge is -2.16. The fourth-order valence-corrected chi connectivity index (χ4v) is 2.39. The van der Waals surface area contributed by atoms with E-state index in [1.54, 1.807) is 31.2 Å². The van der Waals surface area contributed by atoms with Gasteiger partial charge in [-0.2, -0.15) is 0 Å². The number of benzene rings is 1. The summed E-state index contributed by atoms with van der Waals surface area (Å²) in [6.45, 7) is 12.0. The molecule has 0 heterocycles. The molecule has 0 N–H and O–H groups in total. The molecule has 27 heavy (non-hydrogen) atoms. The lowest BCUT2D eigenvalue weighted by molar-refractivity contribution is 0.0360. The molecule has 1 aromatic carbocycles. The van der Waals surface area contributed by atoms with Gasteiger partial charge in [-0.25, -0.2) is 9.59 Å². The molecule has 1 aromatic rings. The molecule has 4 nitrogen and oxygen atoms in total. The maximum Gasteiger partial charge on any atom is 0.340 e. The van der Waals surface area contributed by atoms with Crippen molar-refractivity contribution < 1.29 is 19.1 Å². The zero-order valence-corrected chi connectivity index (χ0v) is 16.8. The van der Waals surface area contributed by atoms with Crippen LogP contribution in [-0.2, 0) is 9.47 Å². The topological polar surface area (TPSA) is 52.6 Å². The summed E-state index contributed by atoms with van der Waals surface area (Å²) < 4.78 is 10.9. The van der Waals surface area contributed by atoms with Crippen LogP contribution < -0.4 is 0 Å². The molecule has 4 heteroatoms. The molecule has 0 aliphatic carbocycles. The van der Waals surface area contributed by atoms with Crippen LogP contribution in [0.2, 0.25) is 0 Å². The van der Waals surface area contributed by atoms with Gasteiger partial charge in [-0.05, 0) is 43.4 Å².